The Hall–Kier alpha value is -3.77. The van der Waals surface area contributed by atoms with Gasteiger partial charge in [0.05, 0.1) is 29.8 Å². The monoisotopic (exact) mass is 525 g/mol. The van der Waals surface area contributed by atoms with Gasteiger partial charge in [0.15, 0.2) is 0 Å². The van der Waals surface area contributed by atoms with Crippen LogP contribution in [0, 0.1) is 13.8 Å². The Morgan fingerprint density at radius 3 is 2.38 bits per heavy atom. The highest BCUT2D eigenvalue weighted by atomic mass is 32.2. The standard InChI is InChI=1S/C25H31N7O4S/c1-6-36-31-24(33)19-10-12-22(30-25-26-15(2)13-16(3)27-25)29-23(19)28-20-11-9-18(17-7-8-17)14-21(20)32(4)37(5,34)35/h9-14,17H,6-8H2,1-5H3,(H,31,33)(H2,26,27,28,29,30). The van der Waals surface area contributed by atoms with E-state index in [4.69, 9.17) is 4.84 Å². The highest BCUT2D eigenvalue weighted by Gasteiger charge is 2.26. The van der Waals surface area contributed by atoms with Gasteiger partial charge in [-0.2, -0.15) is 0 Å². The minimum atomic E-state index is -3.54. The number of nitrogens with zero attached hydrogens (tertiary/aromatic N) is 4. The molecule has 2 heterocycles. The first kappa shape index (κ1) is 26.3. The van der Waals surface area contributed by atoms with Gasteiger partial charge in [0.2, 0.25) is 16.0 Å². The van der Waals surface area contributed by atoms with E-state index in [9.17, 15) is 13.2 Å². The Balaban J connectivity index is 1.75. The molecule has 2 aromatic heterocycles. The van der Waals surface area contributed by atoms with Crippen LogP contribution in [0.2, 0.25) is 0 Å². The van der Waals surface area contributed by atoms with Gasteiger partial charge >= 0.3 is 0 Å². The van der Waals surface area contributed by atoms with Crippen molar-refractivity contribution in [2.24, 2.45) is 0 Å². The molecule has 1 amide bonds. The molecular weight excluding hydrogens is 494 g/mol. The number of aromatic nitrogens is 3. The Labute approximate surface area is 216 Å². The molecule has 3 N–H and O–H groups in total. The van der Waals surface area contributed by atoms with Crippen molar-refractivity contribution in [3.63, 3.8) is 0 Å². The second-order valence-electron chi connectivity index (χ2n) is 8.96. The quantitative estimate of drug-likeness (QED) is 0.336. The van der Waals surface area contributed by atoms with Crippen LogP contribution in [0.25, 0.3) is 0 Å². The lowest BCUT2D eigenvalue weighted by atomic mass is 10.1. The fourth-order valence-electron chi connectivity index (χ4n) is 3.79. The number of carbonyl (C=O) groups excluding carboxylic acids is 1. The van der Waals surface area contributed by atoms with Crippen LogP contribution in [-0.2, 0) is 14.9 Å². The van der Waals surface area contributed by atoms with Crippen LogP contribution < -0.4 is 20.4 Å². The summed E-state index contributed by atoms with van der Waals surface area (Å²) in [6, 6.07) is 10.7. The Morgan fingerprint density at radius 1 is 1.05 bits per heavy atom. The van der Waals surface area contributed by atoms with Gasteiger partial charge in [-0.15, -0.1) is 0 Å². The number of rotatable bonds is 10. The molecule has 1 saturated carbocycles. The van der Waals surface area contributed by atoms with Crippen LogP contribution in [0.5, 0.6) is 0 Å². The average molecular weight is 526 g/mol. The van der Waals surface area contributed by atoms with Gasteiger partial charge < -0.3 is 10.6 Å². The molecule has 37 heavy (non-hydrogen) atoms. The molecule has 196 valence electrons. The number of pyridine rings is 1. The number of anilines is 5. The first-order valence-corrected chi connectivity index (χ1v) is 13.8. The molecule has 0 atom stereocenters. The number of benzene rings is 1. The summed E-state index contributed by atoms with van der Waals surface area (Å²) < 4.78 is 26.0. The molecule has 0 radical (unpaired) electrons. The maximum atomic E-state index is 12.8. The molecule has 0 spiro atoms. The van der Waals surface area contributed by atoms with Crippen molar-refractivity contribution >= 4 is 44.9 Å². The van der Waals surface area contributed by atoms with Crippen LogP contribution >= 0.6 is 0 Å². The number of sulfonamides is 1. The van der Waals surface area contributed by atoms with E-state index < -0.39 is 15.9 Å². The molecule has 0 unspecified atom stereocenters. The lowest BCUT2D eigenvalue weighted by Gasteiger charge is -2.22. The summed E-state index contributed by atoms with van der Waals surface area (Å²) in [7, 11) is -2.05. The second-order valence-corrected chi connectivity index (χ2v) is 11.0. The molecule has 11 nitrogen and oxygen atoms in total. The normalized spacial score (nSPS) is 13.2. The third kappa shape index (κ3) is 6.52. The Morgan fingerprint density at radius 2 is 1.76 bits per heavy atom. The molecule has 0 bridgehead atoms. The zero-order chi connectivity index (χ0) is 26.7. The Kier molecular flexibility index (Phi) is 7.60. The lowest BCUT2D eigenvalue weighted by Crippen LogP contribution is -2.26. The fourth-order valence-corrected chi connectivity index (χ4v) is 4.30. The van der Waals surface area contributed by atoms with E-state index >= 15 is 0 Å². The zero-order valence-corrected chi connectivity index (χ0v) is 22.3. The van der Waals surface area contributed by atoms with Crippen molar-refractivity contribution in [2.45, 2.75) is 39.5 Å². The van der Waals surface area contributed by atoms with E-state index in [2.05, 4.69) is 31.1 Å². The third-order valence-corrected chi connectivity index (χ3v) is 7.02. The summed E-state index contributed by atoms with van der Waals surface area (Å²) in [5.41, 5.74) is 6.19. The van der Waals surface area contributed by atoms with Gasteiger partial charge in [0, 0.05) is 18.4 Å². The summed E-state index contributed by atoms with van der Waals surface area (Å²) in [5.74, 6) is 0.895. The molecule has 3 aromatic rings. The SMILES string of the molecule is CCONC(=O)c1ccc(Nc2nc(C)cc(C)n2)nc1Nc1ccc(C2CC2)cc1N(C)S(C)(=O)=O. The molecule has 1 aromatic carbocycles. The topological polar surface area (TPSA) is 138 Å². The minimum Gasteiger partial charge on any atom is -0.338 e. The summed E-state index contributed by atoms with van der Waals surface area (Å²) in [6.45, 7) is 5.78. The highest BCUT2D eigenvalue weighted by molar-refractivity contribution is 7.92. The first-order valence-electron chi connectivity index (χ1n) is 11.9. The maximum absolute atomic E-state index is 12.8. The molecule has 0 saturated heterocycles. The van der Waals surface area contributed by atoms with Gasteiger partial charge in [-0.1, -0.05) is 6.07 Å². The van der Waals surface area contributed by atoms with E-state index in [0.29, 0.717) is 29.1 Å². The van der Waals surface area contributed by atoms with Crippen molar-refractivity contribution in [1.29, 1.82) is 0 Å². The molecule has 1 aliphatic carbocycles. The number of aryl methyl sites for hydroxylation is 2. The number of nitrogens with one attached hydrogen (secondary N) is 3. The number of hydrogen-bond donors (Lipinski definition) is 3. The third-order valence-electron chi connectivity index (χ3n) is 5.83. The van der Waals surface area contributed by atoms with Crippen LogP contribution in [0.3, 0.4) is 0 Å². The molecule has 0 aliphatic heterocycles. The molecule has 1 aliphatic rings. The smallest absolute Gasteiger partial charge is 0.278 e. The van der Waals surface area contributed by atoms with Crippen molar-refractivity contribution in [3.8, 4) is 0 Å². The van der Waals surface area contributed by atoms with Gasteiger partial charge in [0.25, 0.3) is 5.91 Å². The van der Waals surface area contributed by atoms with Gasteiger partial charge in [-0.25, -0.2) is 28.8 Å². The first-order chi connectivity index (χ1) is 17.5. The number of carbonyl (C=O) groups is 1. The van der Waals surface area contributed by atoms with Gasteiger partial charge in [-0.3, -0.25) is 13.9 Å². The van der Waals surface area contributed by atoms with Crippen molar-refractivity contribution in [3.05, 3.63) is 58.9 Å². The van der Waals surface area contributed by atoms with E-state index in [1.165, 1.54) is 11.4 Å². The average Bonchev–Trinajstić information content (AvgIpc) is 3.67. The molecule has 12 heteroatoms. The van der Waals surface area contributed by atoms with E-state index in [1.54, 1.807) is 19.1 Å². The fraction of sp³-hybridized carbons (Fsp3) is 0.360. The highest BCUT2D eigenvalue weighted by Crippen LogP contribution is 2.43. The van der Waals surface area contributed by atoms with Crippen molar-refractivity contribution < 1.29 is 18.0 Å². The number of amides is 1. The largest absolute Gasteiger partial charge is 0.338 e. The predicted octanol–water partition coefficient (Wildman–Crippen LogP) is 3.93. The number of hydroxylamine groups is 1. The summed E-state index contributed by atoms with van der Waals surface area (Å²) in [5, 5.41) is 6.24. The molecular formula is C25H31N7O4S. The Bertz CT molecular complexity index is 1400. The minimum absolute atomic E-state index is 0.203. The van der Waals surface area contributed by atoms with E-state index in [0.717, 1.165) is 36.0 Å². The number of hydrogen-bond acceptors (Lipinski definition) is 9. The molecule has 4 rings (SSSR count). The van der Waals surface area contributed by atoms with Crippen LogP contribution in [0.4, 0.5) is 29.0 Å². The van der Waals surface area contributed by atoms with Gasteiger partial charge in [0.1, 0.15) is 11.6 Å². The molecule has 1 fully saturated rings. The van der Waals surface area contributed by atoms with Crippen molar-refractivity contribution in [1.82, 2.24) is 20.4 Å². The van der Waals surface area contributed by atoms with Crippen molar-refractivity contribution in [2.75, 3.05) is 34.8 Å². The van der Waals surface area contributed by atoms with E-state index in [1.807, 2.05) is 38.1 Å². The van der Waals surface area contributed by atoms with Crippen LogP contribution in [0.15, 0.2) is 36.4 Å². The lowest BCUT2D eigenvalue weighted by molar-refractivity contribution is 0.0365. The second kappa shape index (κ2) is 10.7. The van der Waals surface area contributed by atoms with Crippen LogP contribution in [0.1, 0.15) is 53.0 Å². The summed E-state index contributed by atoms with van der Waals surface area (Å²) >= 11 is 0. The van der Waals surface area contributed by atoms with Crippen LogP contribution in [-0.4, -0.2) is 49.2 Å². The zero-order valence-electron chi connectivity index (χ0n) is 21.5. The van der Waals surface area contributed by atoms with Gasteiger partial charge in [-0.05, 0) is 75.4 Å². The maximum Gasteiger partial charge on any atom is 0.278 e. The summed E-state index contributed by atoms with van der Waals surface area (Å²) in [4.78, 5) is 31.3. The predicted molar refractivity (Wildman–Crippen MR) is 143 cm³/mol. The summed E-state index contributed by atoms with van der Waals surface area (Å²) in [6.07, 6.45) is 3.30. The van der Waals surface area contributed by atoms with E-state index in [-0.39, 0.29) is 18.0 Å².